The zero-order valence-electron chi connectivity index (χ0n) is 12.7. The predicted octanol–water partition coefficient (Wildman–Crippen LogP) is 3.65. The molecule has 0 radical (unpaired) electrons. The molecule has 0 spiro atoms. The number of rotatable bonds is 5. The molecular weight excluding hydrogens is 244 g/mol. The van der Waals surface area contributed by atoms with Gasteiger partial charge in [0.05, 0.1) is 0 Å². The van der Waals surface area contributed by atoms with Crippen LogP contribution in [0.25, 0.3) is 0 Å². The Kier molecular flexibility index (Phi) is 4.80. The smallest absolute Gasteiger partial charge is 0.0426 e. The molecule has 0 saturated carbocycles. The average Bonchev–Trinajstić information content (AvgIpc) is 2.47. The van der Waals surface area contributed by atoms with Gasteiger partial charge in [0.15, 0.2) is 0 Å². The third-order valence-corrected chi connectivity index (χ3v) is 3.72. The van der Waals surface area contributed by atoms with Gasteiger partial charge in [-0.1, -0.05) is 48.9 Å². The molecule has 0 aliphatic carbocycles. The molecule has 0 aliphatic heterocycles. The van der Waals surface area contributed by atoms with Gasteiger partial charge in [0.25, 0.3) is 0 Å². The topological polar surface area (TPSA) is 29.3 Å². The first kappa shape index (κ1) is 14.6. The number of hydrogen-bond donors (Lipinski definition) is 1. The van der Waals surface area contributed by atoms with E-state index in [2.05, 4.69) is 68.3 Å². The molecule has 2 rings (SSSR count). The Bertz CT molecular complexity index is 558. The Morgan fingerprint density at radius 3 is 2.25 bits per heavy atom. The Labute approximate surface area is 122 Å². The van der Waals surface area contributed by atoms with E-state index in [1.807, 2.05) is 0 Å². The van der Waals surface area contributed by atoms with Crippen LogP contribution in [0.1, 0.15) is 29.2 Å². The Morgan fingerprint density at radius 1 is 1.00 bits per heavy atom. The van der Waals surface area contributed by atoms with Crippen molar-refractivity contribution in [2.45, 2.75) is 33.4 Å². The van der Waals surface area contributed by atoms with Crippen molar-refractivity contribution in [1.29, 1.82) is 0 Å². The molecule has 0 unspecified atom stereocenters. The SMILES string of the molecule is CCc1ccc(CN(C)c2ccc(C)cc2CN)cc1. The zero-order valence-corrected chi connectivity index (χ0v) is 12.7. The first-order valence-corrected chi connectivity index (χ1v) is 7.22. The third kappa shape index (κ3) is 3.40. The summed E-state index contributed by atoms with van der Waals surface area (Å²) in [5.41, 5.74) is 12.3. The summed E-state index contributed by atoms with van der Waals surface area (Å²) in [4.78, 5) is 2.27. The molecule has 106 valence electrons. The fourth-order valence-electron chi connectivity index (χ4n) is 2.49. The van der Waals surface area contributed by atoms with Crippen LogP contribution in [0.2, 0.25) is 0 Å². The molecule has 0 atom stereocenters. The first-order chi connectivity index (χ1) is 9.63. The van der Waals surface area contributed by atoms with Crippen molar-refractivity contribution in [1.82, 2.24) is 0 Å². The van der Waals surface area contributed by atoms with Gasteiger partial charge in [-0.05, 0) is 36.1 Å². The minimum Gasteiger partial charge on any atom is -0.370 e. The van der Waals surface area contributed by atoms with Crippen LogP contribution < -0.4 is 10.6 Å². The number of nitrogens with zero attached hydrogens (tertiary/aromatic N) is 1. The fraction of sp³-hybridized carbons (Fsp3) is 0.333. The fourth-order valence-corrected chi connectivity index (χ4v) is 2.49. The molecule has 0 fully saturated rings. The second kappa shape index (κ2) is 6.58. The lowest BCUT2D eigenvalue weighted by atomic mass is 10.1. The summed E-state index contributed by atoms with van der Waals surface area (Å²) in [5.74, 6) is 0. The quantitative estimate of drug-likeness (QED) is 0.897. The van der Waals surface area contributed by atoms with Crippen LogP contribution in [0.5, 0.6) is 0 Å². The summed E-state index contributed by atoms with van der Waals surface area (Å²) in [6.45, 7) is 5.77. The van der Waals surface area contributed by atoms with Crippen molar-refractivity contribution in [3.63, 3.8) is 0 Å². The van der Waals surface area contributed by atoms with Crippen molar-refractivity contribution in [3.8, 4) is 0 Å². The highest BCUT2D eigenvalue weighted by Gasteiger charge is 2.07. The summed E-state index contributed by atoms with van der Waals surface area (Å²) in [5, 5.41) is 0. The number of nitrogens with two attached hydrogens (primary N) is 1. The summed E-state index contributed by atoms with van der Waals surface area (Å²) >= 11 is 0. The van der Waals surface area contributed by atoms with Crippen LogP contribution in [-0.4, -0.2) is 7.05 Å². The molecule has 0 saturated heterocycles. The second-order valence-electron chi connectivity index (χ2n) is 5.36. The van der Waals surface area contributed by atoms with E-state index in [9.17, 15) is 0 Å². The van der Waals surface area contributed by atoms with Crippen LogP contribution in [-0.2, 0) is 19.5 Å². The van der Waals surface area contributed by atoms with Gasteiger partial charge in [-0.3, -0.25) is 0 Å². The van der Waals surface area contributed by atoms with Gasteiger partial charge >= 0.3 is 0 Å². The van der Waals surface area contributed by atoms with E-state index in [1.54, 1.807) is 0 Å². The number of benzene rings is 2. The van der Waals surface area contributed by atoms with Gasteiger partial charge in [0.1, 0.15) is 0 Å². The third-order valence-electron chi connectivity index (χ3n) is 3.72. The van der Waals surface area contributed by atoms with Crippen LogP contribution in [0, 0.1) is 6.92 Å². The molecule has 0 bridgehead atoms. The molecular formula is C18H24N2. The Morgan fingerprint density at radius 2 is 1.65 bits per heavy atom. The molecule has 2 aromatic rings. The van der Waals surface area contributed by atoms with Crippen molar-refractivity contribution >= 4 is 5.69 Å². The highest BCUT2D eigenvalue weighted by atomic mass is 15.1. The normalized spacial score (nSPS) is 10.6. The predicted molar refractivity (Wildman–Crippen MR) is 87.0 cm³/mol. The number of hydrogen-bond acceptors (Lipinski definition) is 2. The molecule has 0 amide bonds. The van der Waals surface area contributed by atoms with Gasteiger partial charge < -0.3 is 10.6 Å². The highest BCUT2D eigenvalue weighted by molar-refractivity contribution is 5.54. The van der Waals surface area contributed by atoms with Crippen LogP contribution in [0.4, 0.5) is 5.69 Å². The van der Waals surface area contributed by atoms with Crippen molar-refractivity contribution < 1.29 is 0 Å². The maximum atomic E-state index is 5.86. The monoisotopic (exact) mass is 268 g/mol. The van der Waals surface area contributed by atoms with Crippen molar-refractivity contribution in [2.24, 2.45) is 5.73 Å². The lowest BCUT2D eigenvalue weighted by Crippen LogP contribution is -2.19. The van der Waals surface area contributed by atoms with Crippen LogP contribution >= 0.6 is 0 Å². The molecule has 0 heterocycles. The summed E-state index contributed by atoms with van der Waals surface area (Å²) in [6, 6.07) is 15.3. The highest BCUT2D eigenvalue weighted by Crippen LogP contribution is 2.22. The molecule has 0 aromatic heterocycles. The molecule has 20 heavy (non-hydrogen) atoms. The van der Waals surface area contributed by atoms with Crippen LogP contribution in [0.15, 0.2) is 42.5 Å². The minimum atomic E-state index is 0.579. The van der Waals surface area contributed by atoms with Crippen molar-refractivity contribution in [3.05, 3.63) is 64.7 Å². The lowest BCUT2D eigenvalue weighted by molar-refractivity contribution is 0.901. The summed E-state index contributed by atoms with van der Waals surface area (Å²) < 4.78 is 0. The maximum Gasteiger partial charge on any atom is 0.0426 e. The Balaban J connectivity index is 2.16. The van der Waals surface area contributed by atoms with Gasteiger partial charge in [0.2, 0.25) is 0 Å². The number of aryl methyl sites for hydroxylation is 2. The summed E-state index contributed by atoms with van der Waals surface area (Å²) in [6.07, 6.45) is 1.09. The molecule has 2 aromatic carbocycles. The maximum absolute atomic E-state index is 5.86. The van der Waals surface area contributed by atoms with E-state index in [0.717, 1.165) is 13.0 Å². The van der Waals surface area contributed by atoms with Crippen LogP contribution in [0.3, 0.4) is 0 Å². The molecule has 2 heteroatoms. The first-order valence-electron chi connectivity index (χ1n) is 7.22. The van der Waals surface area contributed by atoms with E-state index in [1.165, 1.54) is 27.9 Å². The minimum absolute atomic E-state index is 0.579. The Hall–Kier alpha value is -1.80. The summed E-state index contributed by atoms with van der Waals surface area (Å²) in [7, 11) is 2.12. The second-order valence-corrected chi connectivity index (χ2v) is 5.36. The van der Waals surface area contributed by atoms with Crippen molar-refractivity contribution in [2.75, 3.05) is 11.9 Å². The van der Waals surface area contributed by atoms with Gasteiger partial charge in [-0.25, -0.2) is 0 Å². The largest absolute Gasteiger partial charge is 0.370 e. The van der Waals surface area contributed by atoms with E-state index in [0.29, 0.717) is 6.54 Å². The van der Waals surface area contributed by atoms with E-state index in [4.69, 9.17) is 5.73 Å². The average molecular weight is 268 g/mol. The van der Waals surface area contributed by atoms with E-state index < -0.39 is 0 Å². The lowest BCUT2D eigenvalue weighted by Gasteiger charge is -2.23. The zero-order chi connectivity index (χ0) is 14.5. The molecule has 2 N–H and O–H groups in total. The molecule has 0 aliphatic rings. The molecule has 2 nitrogen and oxygen atoms in total. The van der Waals surface area contributed by atoms with E-state index in [-0.39, 0.29) is 0 Å². The van der Waals surface area contributed by atoms with Gasteiger partial charge in [0, 0.05) is 25.8 Å². The standard InChI is InChI=1S/C18H24N2/c1-4-15-6-8-16(9-7-15)13-20(3)18-10-5-14(2)11-17(18)12-19/h5-11H,4,12-13,19H2,1-3H3. The van der Waals surface area contributed by atoms with Gasteiger partial charge in [-0.15, -0.1) is 0 Å². The number of anilines is 1. The van der Waals surface area contributed by atoms with Gasteiger partial charge in [-0.2, -0.15) is 0 Å². The van der Waals surface area contributed by atoms with E-state index >= 15 is 0 Å².